The standard InChI is InChI=1S/C4H4N2O3.Na/c5-4-6-2(1-9-4)3(7)8;/h1H,(H2,5,6)(H,7,8);/q;+1/p-1. The Labute approximate surface area is 78.5 Å². The van der Waals surface area contributed by atoms with Gasteiger partial charge in [0.05, 0.1) is 5.97 Å². The molecule has 1 heterocycles. The fourth-order valence-corrected chi connectivity index (χ4v) is 0.381. The van der Waals surface area contributed by atoms with E-state index in [1.165, 1.54) is 0 Å². The molecular formula is C4H3N2NaO3. The monoisotopic (exact) mass is 150 g/mol. The van der Waals surface area contributed by atoms with Crippen molar-refractivity contribution in [1.82, 2.24) is 4.98 Å². The summed E-state index contributed by atoms with van der Waals surface area (Å²) in [6.45, 7) is 0. The molecule has 0 spiro atoms. The molecule has 0 aliphatic heterocycles. The van der Waals surface area contributed by atoms with Gasteiger partial charge in [0.2, 0.25) is 0 Å². The molecule has 0 amide bonds. The smallest absolute Gasteiger partial charge is 0.543 e. The van der Waals surface area contributed by atoms with Crippen molar-refractivity contribution in [2.24, 2.45) is 0 Å². The van der Waals surface area contributed by atoms with Crippen LogP contribution in [0.1, 0.15) is 10.5 Å². The zero-order chi connectivity index (χ0) is 6.85. The van der Waals surface area contributed by atoms with E-state index < -0.39 is 5.97 Å². The Morgan fingerprint density at radius 3 is 2.60 bits per heavy atom. The number of nitrogen functional groups attached to an aromatic ring is 1. The summed E-state index contributed by atoms with van der Waals surface area (Å²) < 4.78 is 4.37. The van der Waals surface area contributed by atoms with Crippen molar-refractivity contribution in [2.45, 2.75) is 0 Å². The van der Waals surface area contributed by atoms with E-state index in [0.29, 0.717) is 0 Å². The molecule has 10 heavy (non-hydrogen) atoms. The molecule has 0 saturated heterocycles. The molecular weight excluding hydrogens is 147 g/mol. The van der Waals surface area contributed by atoms with Gasteiger partial charge in [0.15, 0.2) is 0 Å². The largest absolute Gasteiger partial charge is 1.00 e. The Morgan fingerprint density at radius 2 is 2.40 bits per heavy atom. The van der Waals surface area contributed by atoms with Gasteiger partial charge in [-0.25, -0.2) is 0 Å². The van der Waals surface area contributed by atoms with E-state index in [1.807, 2.05) is 0 Å². The van der Waals surface area contributed by atoms with Crippen LogP contribution in [0.2, 0.25) is 0 Å². The summed E-state index contributed by atoms with van der Waals surface area (Å²) in [6.07, 6.45) is 0.921. The third-order valence-electron chi connectivity index (χ3n) is 0.731. The van der Waals surface area contributed by atoms with Gasteiger partial charge in [-0.2, -0.15) is 4.98 Å². The van der Waals surface area contributed by atoms with Crippen LogP contribution in [0.5, 0.6) is 0 Å². The van der Waals surface area contributed by atoms with E-state index in [-0.39, 0.29) is 41.3 Å². The van der Waals surface area contributed by atoms with Gasteiger partial charge in [0.1, 0.15) is 12.0 Å². The number of oxazole rings is 1. The Bertz CT molecular complexity index is 234. The molecule has 1 aromatic rings. The third-order valence-corrected chi connectivity index (χ3v) is 0.731. The Balaban J connectivity index is 0.000000810. The molecule has 0 aromatic carbocycles. The first-order chi connectivity index (χ1) is 4.20. The first-order valence-corrected chi connectivity index (χ1v) is 2.12. The second kappa shape index (κ2) is 3.60. The SMILES string of the molecule is Nc1nc(C(=O)[O-])co1.[Na+]. The second-order valence-electron chi connectivity index (χ2n) is 1.36. The van der Waals surface area contributed by atoms with Gasteiger partial charge in [0.25, 0.3) is 6.01 Å². The zero-order valence-electron chi connectivity index (χ0n) is 5.33. The summed E-state index contributed by atoms with van der Waals surface area (Å²) in [4.78, 5) is 13.2. The molecule has 1 rings (SSSR count). The van der Waals surface area contributed by atoms with Crippen LogP contribution >= 0.6 is 0 Å². The minimum absolute atomic E-state index is 0. The van der Waals surface area contributed by atoms with Crippen molar-refractivity contribution >= 4 is 12.0 Å². The number of aromatic nitrogens is 1. The van der Waals surface area contributed by atoms with Crippen molar-refractivity contribution < 1.29 is 43.9 Å². The molecule has 6 heteroatoms. The van der Waals surface area contributed by atoms with Crippen molar-refractivity contribution in [3.05, 3.63) is 12.0 Å². The number of carboxylic acid groups (broad SMARTS) is 1. The van der Waals surface area contributed by atoms with E-state index in [0.717, 1.165) is 6.26 Å². The minimum Gasteiger partial charge on any atom is -0.543 e. The molecule has 0 atom stereocenters. The van der Waals surface area contributed by atoms with Gasteiger partial charge in [-0.15, -0.1) is 0 Å². The maximum atomic E-state index is 9.93. The van der Waals surface area contributed by atoms with Gasteiger partial charge < -0.3 is 20.1 Å². The molecule has 0 aliphatic carbocycles. The number of rotatable bonds is 1. The van der Waals surface area contributed by atoms with Crippen LogP contribution in [-0.2, 0) is 0 Å². The van der Waals surface area contributed by atoms with Gasteiger partial charge in [-0.3, -0.25) is 0 Å². The van der Waals surface area contributed by atoms with Gasteiger partial charge in [0, 0.05) is 0 Å². The first kappa shape index (κ1) is 9.48. The molecule has 0 fully saturated rings. The normalized spacial score (nSPS) is 8.40. The number of nitrogens with zero attached hydrogens (tertiary/aromatic N) is 1. The minimum atomic E-state index is -1.39. The van der Waals surface area contributed by atoms with E-state index in [4.69, 9.17) is 5.73 Å². The molecule has 0 bridgehead atoms. The van der Waals surface area contributed by atoms with Crippen LogP contribution in [0, 0.1) is 0 Å². The van der Waals surface area contributed by atoms with Gasteiger partial charge in [-0.1, -0.05) is 0 Å². The Morgan fingerprint density at radius 1 is 1.80 bits per heavy atom. The summed E-state index contributed by atoms with van der Waals surface area (Å²) >= 11 is 0. The molecule has 0 saturated carbocycles. The molecule has 1 aromatic heterocycles. The number of hydrogen-bond donors (Lipinski definition) is 1. The van der Waals surface area contributed by atoms with E-state index in [2.05, 4.69) is 9.40 Å². The summed E-state index contributed by atoms with van der Waals surface area (Å²) in [5.41, 5.74) is 4.66. The van der Waals surface area contributed by atoms with E-state index >= 15 is 0 Å². The molecule has 0 aliphatic rings. The van der Waals surface area contributed by atoms with Crippen molar-refractivity contribution in [2.75, 3.05) is 5.73 Å². The Hall–Kier alpha value is -0.520. The summed E-state index contributed by atoms with van der Waals surface area (Å²) in [5.74, 6) is -1.39. The maximum absolute atomic E-state index is 9.93. The van der Waals surface area contributed by atoms with E-state index in [9.17, 15) is 9.90 Å². The average molecular weight is 150 g/mol. The van der Waals surface area contributed by atoms with Crippen molar-refractivity contribution in [3.8, 4) is 0 Å². The van der Waals surface area contributed by atoms with Crippen LogP contribution in [0.4, 0.5) is 6.01 Å². The predicted molar refractivity (Wildman–Crippen MR) is 25.2 cm³/mol. The average Bonchev–Trinajstić information content (AvgIpc) is 2.14. The summed E-state index contributed by atoms with van der Waals surface area (Å²) in [5, 5.41) is 9.93. The molecule has 5 nitrogen and oxygen atoms in total. The van der Waals surface area contributed by atoms with Gasteiger partial charge in [-0.05, 0) is 0 Å². The number of nitrogens with two attached hydrogens (primary N) is 1. The van der Waals surface area contributed by atoms with E-state index in [1.54, 1.807) is 0 Å². The third kappa shape index (κ3) is 2.02. The van der Waals surface area contributed by atoms with Crippen LogP contribution < -0.4 is 40.4 Å². The quantitative estimate of drug-likeness (QED) is 0.408. The first-order valence-electron chi connectivity index (χ1n) is 2.12. The molecule has 0 radical (unpaired) electrons. The van der Waals surface area contributed by atoms with Crippen molar-refractivity contribution in [3.63, 3.8) is 0 Å². The predicted octanol–water partition coefficient (Wildman–Crippen LogP) is -4.38. The number of hydrogen-bond acceptors (Lipinski definition) is 5. The summed E-state index contributed by atoms with van der Waals surface area (Å²) in [6, 6.07) is -0.172. The van der Waals surface area contributed by atoms with Crippen LogP contribution in [0.25, 0.3) is 0 Å². The second-order valence-corrected chi connectivity index (χ2v) is 1.36. The molecule has 2 N–H and O–H groups in total. The fourth-order valence-electron chi connectivity index (χ4n) is 0.381. The Kier molecular flexibility index (Phi) is 3.41. The van der Waals surface area contributed by atoms with Crippen molar-refractivity contribution in [1.29, 1.82) is 0 Å². The van der Waals surface area contributed by atoms with Crippen LogP contribution in [-0.4, -0.2) is 11.0 Å². The van der Waals surface area contributed by atoms with Crippen LogP contribution in [0.15, 0.2) is 10.7 Å². The van der Waals surface area contributed by atoms with Gasteiger partial charge >= 0.3 is 29.6 Å². The maximum Gasteiger partial charge on any atom is 1.00 e. The summed E-state index contributed by atoms with van der Waals surface area (Å²) in [7, 11) is 0. The molecule has 0 unspecified atom stereocenters. The number of aromatic carboxylic acids is 1. The number of anilines is 1. The topological polar surface area (TPSA) is 92.2 Å². The number of carbonyl (C=O) groups is 1. The molecule has 48 valence electrons. The number of carboxylic acids is 1. The number of carbonyl (C=O) groups excluding carboxylic acids is 1. The zero-order valence-corrected chi connectivity index (χ0v) is 7.33. The van der Waals surface area contributed by atoms with Crippen LogP contribution in [0.3, 0.4) is 0 Å². The fraction of sp³-hybridized carbons (Fsp3) is 0.